The number of benzene rings is 3. The Balaban J connectivity index is 2.19. The topological polar surface area (TPSA) is 52.6 Å². The third-order valence-electron chi connectivity index (χ3n) is 4.35. The zero-order valence-electron chi connectivity index (χ0n) is 15.5. The van der Waals surface area contributed by atoms with Gasteiger partial charge in [0.05, 0.1) is 19.1 Å². The Bertz CT molecular complexity index is 1120. The minimum atomic E-state index is -3.36. The van der Waals surface area contributed by atoms with Crippen LogP contribution in [0.5, 0.6) is 11.5 Å². The van der Waals surface area contributed by atoms with Gasteiger partial charge in [0.15, 0.2) is 33.0 Å². The third-order valence-corrected chi connectivity index (χ3v) is 5.48. The van der Waals surface area contributed by atoms with Crippen LogP contribution in [0.4, 0.5) is 8.78 Å². The molecule has 7 heteroatoms. The molecule has 0 N–H and O–H groups in total. The summed E-state index contributed by atoms with van der Waals surface area (Å²) in [5.74, 6) is -1.02. The molecule has 0 aliphatic carbocycles. The van der Waals surface area contributed by atoms with Crippen molar-refractivity contribution in [2.24, 2.45) is 0 Å². The number of methoxy groups -OCH3 is 2. The zero-order valence-corrected chi connectivity index (χ0v) is 16.3. The Morgan fingerprint density at radius 3 is 1.71 bits per heavy atom. The largest absolute Gasteiger partial charge is 0.493 e. The minimum absolute atomic E-state index is 0.145. The average molecular weight is 404 g/mol. The van der Waals surface area contributed by atoms with Gasteiger partial charge in [-0.3, -0.25) is 0 Å². The highest BCUT2D eigenvalue weighted by Crippen LogP contribution is 2.38. The molecule has 28 heavy (non-hydrogen) atoms. The molecule has 146 valence electrons. The molecule has 0 aliphatic rings. The summed E-state index contributed by atoms with van der Waals surface area (Å²) in [5.41, 5.74) is 2.01. The highest BCUT2D eigenvalue weighted by molar-refractivity contribution is 7.90. The predicted octanol–water partition coefficient (Wildman–Crippen LogP) is 4.72. The summed E-state index contributed by atoms with van der Waals surface area (Å²) in [6, 6.07) is 13.2. The second kappa shape index (κ2) is 7.59. The van der Waals surface area contributed by atoms with Crippen LogP contribution in [0, 0.1) is 11.6 Å². The molecule has 0 atom stereocenters. The van der Waals surface area contributed by atoms with Crippen molar-refractivity contribution in [3.05, 3.63) is 66.2 Å². The van der Waals surface area contributed by atoms with Crippen LogP contribution in [0.2, 0.25) is 0 Å². The van der Waals surface area contributed by atoms with Crippen molar-refractivity contribution >= 4 is 9.84 Å². The van der Waals surface area contributed by atoms with Crippen LogP contribution in [0.1, 0.15) is 0 Å². The highest BCUT2D eigenvalue weighted by Gasteiger charge is 2.16. The summed E-state index contributed by atoms with van der Waals surface area (Å²) >= 11 is 0. The van der Waals surface area contributed by atoms with E-state index in [1.807, 2.05) is 0 Å². The number of rotatable bonds is 5. The SMILES string of the molecule is COc1ccc(-c2cc(F)c(F)cc2-c2ccc(S(C)(=O)=O)cc2)cc1OC. The highest BCUT2D eigenvalue weighted by atomic mass is 32.2. The van der Waals surface area contributed by atoms with Crippen LogP contribution >= 0.6 is 0 Å². The van der Waals surface area contributed by atoms with E-state index in [1.165, 1.54) is 26.4 Å². The van der Waals surface area contributed by atoms with Gasteiger partial charge in [0.1, 0.15) is 0 Å². The van der Waals surface area contributed by atoms with E-state index in [0.717, 1.165) is 18.4 Å². The molecule has 3 aromatic carbocycles. The van der Waals surface area contributed by atoms with Crippen LogP contribution in [0.3, 0.4) is 0 Å². The summed E-state index contributed by atoms with van der Waals surface area (Å²) in [4.78, 5) is 0.145. The standard InChI is InChI=1S/C21H18F2O4S/c1-26-20-9-6-14(10-21(20)27-2)17-12-19(23)18(22)11-16(17)13-4-7-15(8-5-13)28(3,24)25/h4-12H,1-3H3. The van der Waals surface area contributed by atoms with Gasteiger partial charge in [-0.2, -0.15) is 0 Å². The van der Waals surface area contributed by atoms with Gasteiger partial charge in [-0.1, -0.05) is 18.2 Å². The van der Waals surface area contributed by atoms with Gasteiger partial charge in [0.2, 0.25) is 0 Å². The van der Waals surface area contributed by atoms with E-state index in [4.69, 9.17) is 9.47 Å². The molecule has 0 unspecified atom stereocenters. The maximum atomic E-state index is 14.0. The number of hydrogen-bond acceptors (Lipinski definition) is 4. The molecule has 0 spiro atoms. The Kier molecular flexibility index (Phi) is 5.38. The number of halogens is 2. The lowest BCUT2D eigenvalue weighted by Crippen LogP contribution is -1.97. The van der Waals surface area contributed by atoms with E-state index < -0.39 is 21.5 Å². The van der Waals surface area contributed by atoms with Crippen molar-refractivity contribution in [3.63, 3.8) is 0 Å². The first kappa shape index (κ1) is 19.8. The van der Waals surface area contributed by atoms with Crippen molar-refractivity contribution in [2.75, 3.05) is 20.5 Å². The Morgan fingerprint density at radius 1 is 0.714 bits per heavy atom. The summed E-state index contributed by atoms with van der Waals surface area (Å²) in [5, 5.41) is 0. The van der Waals surface area contributed by atoms with Gasteiger partial charge in [-0.25, -0.2) is 17.2 Å². The molecule has 0 aromatic heterocycles. The summed E-state index contributed by atoms with van der Waals surface area (Å²) in [6.45, 7) is 0. The van der Waals surface area contributed by atoms with Crippen LogP contribution < -0.4 is 9.47 Å². The first-order valence-electron chi connectivity index (χ1n) is 8.26. The molecule has 0 bridgehead atoms. The number of sulfone groups is 1. The van der Waals surface area contributed by atoms with E-state index in [2.05, 4.69) is 0 Å². The minimum Gasteiger partial charge on any atom is -0.493 e. The van der Waals surface area contributed by atoms with Gasteiger partial charge < -0.3 is 9.47 Å². The zero-order chi connectivity index (χ0) is 20.5. The molecule has 0 amide bonds. The fraction of sp³-hybridized carbons (Fsp3) is 0.143. The fourth-order valence-electron chi connectivity index (χ4n) is 2.91. The van der Waals surface area contributed by atoms with E-state index in [1.54, 1.807) is 30.3 Å². The third kappa shape index (κ3) is 3.84. The van der Waals surface area contributed by atoms with Crippen molar-refractivity contribution < 1.29 is 26.7 Å². The van der Waals surface area contributed by atoms with Crippen molar-refractivity contribution in [1.82, 2.24) is 0 Å². The molecule has 0 heterocycles. The summed E-state index contributed by atoms with van der Waals surface area (Å²) in [6.07, 6.45) is 1.11. The Hall–Kier alpha value is -2.93. The average Bonchev–Trinajstić information content (AvgIpc) is 2.68. The molecule has 3 aromatic rings. The molecule has 0 saturated carbocycles. The van der Waals surface area contributed by atoms with E-state index in [0.29, 0.717) is 33.8 Å². The normalized spacial score (nSPS) is 11.3. The predicted molar refractivity (Wildman–Crippen MR) is 103 cm³/mol. The molecule has 0 radical (unpaired) electrons. The lowest BCUT2D eigenvalue weighted by molar-refractivity contribution is 0.355. The molecular weight excluding hydrogens is 386 g/mol. The van der Waals surface area contributed by atoms with Gasteiger partial charge in [0, 0.05) is 6.26 Å². The number of hydrogen-bond donors (Lipinski definition) is 0. The molecular formula is C21H18F2O4S. The maximum absolute atomic E-state index is 14.0. The van der Waals surface area contributed by atoms with Crippen molar-refractivity contribution in [1.29, 1.82) is 0 Å². The van der Waals surface area contributed by atoms with E-state index in [9.17, 15) is 17.2 Å². The summed E-state index contributed by atoms with van der Waals surface area (Å²) < 4.78 is 61.8. The first-order chi connectivity index (χ1) is 13.2. The Morgan fingerprint density at radius 2 is 1.21 bits per heavy atom. The van der Waals surface area contributed by atoms with Crippen LogP contribution in [-0.2, 0) is 9.84 Å². The Labute approximate surface area is 162 Å². The molecule has 0 aliphatic heterocycles. The van der Waals surface area contributed by atoms with E-state index >= 15 is 0 Å². The van der Waals surface area contributed by atoms with Crippen LogP contribution in [-0.4, -0.2) is 28.9 Å². The monoisotopic (exact) mass is 404 g/mol. The number of ether oxygens (including phenoxy) is 2. The lowest BCUT2D eigenvalue weighted by atomic mass is 9.94. The van der Waals surface area contributed by atoms with Gasteiger partial charge in [0.25, 0.3) is 0 Å². The lowest BCUT2D eigenvalue weighted by Gasteiger charge is -2.14. The first-order valence-corrected chi connectivity index (χ1v) is 10.2. The molecule has 3 rings (SSSR count). The van der Waals surface area contributed by atoms with Crippen LogP contribution in [0.15, 0.2) is 59.5 Å². The molecule has 0 saturated heterocycles. The second-order valence-electron chi connectivity index (χ2n) is 6.18. The van der Waals surface area contributed by atoms with E-state index in [-0.39, 0.29) is 4.90 Å². The summed E-state index contributed by atoms with van der Waals surface area (Å²) in [7, 11) is -0.372. The van der Waals surface area contributed by atoms with Gasteiger partial charge in [-0.15, -0.1) is 0 Å². The smallest absolute Gasteiger partial charge is 0.175 e. The molecule has 0 fully saturated rings. The van der Waals surface area contributed by atoms with Crippen LogP contribution in [0.25, 0.3) is 22.3 Å². The fourth-order valence-corrected chi connectivity index (χ4v) is 3.54. The van der Waals surface area contributed by atoms with Gasteiger partial charge in [-0.05, 0) is 58.7 Å². The maximum Gasteiger partial charge on any atom is 0.175 e. The second-order valence-corrected chi connectivity index (χ2v) is 8.19. The van der Waals surface area contributed by atoms with Crippen molar-refractivity contribution in [2.45, 2.75) is 4.90 Å². The van der Waals surface area contributed by atoms with Crippen molar-refractivity contribution in [3.8, 4) is 33.8 Å². The van der Waals surface area contributed by atoms with Gasteiger partial charge >= 0.3 is 0 Å². The molecule has 4 nitrogen and oxygen atoms in total. The quantitative estimate of drug-likeness (QED) is 0.618.